The molecule has 0 aromatic carbocycles. The number of piperazine rings is 1. The number of nitrogens with zero attached hydrogens (tertiary/aromatic N) is 6. The van der Waals surface area contributed by atoms with Gasteiger partial charge in [0.2, 0.25) is 5.91 Å². The van der Waals surface area contributed by atoms with Crippen LogP contribution in [0.3, 0.4) is 0 Å². The molecule has 3 rings (SSSR count). The lowest BCUT2D eigenvalue weighted by Crippen LogP contribution is -2.50. The van der Waals surface area contributed by atoms with Gasteiger partial charge in [-0.15, -0.1) is 0 Å². The van der Waals surface area contributed by atoms with Gasteiger partial charge < -0.3 is 9.80 Å². The molecule has 1 saturated heterocycles. The van der Waals surface area contributed by atoms with Crippen molar-refractivity contribution in [1.82, 2.24) is 24.6 Å². The van der Waals surface area contributed by atoms with Crippen LogP contribution in [0, 0.1) is 12.8 Å². The maximum absolute atomic E-state index is 12.2. The number of amides is 1. The van der Waals surface area contributed by atoms with Crippen LogP contribution < -0.4 is 4.90 Å². The number of anilines is 1. The summed E-state index contributed by atoms with van der Waals surface area (Å²) < 4.78 is 1.87. The summed E-state index contributed by atoms with van der Waals surface area (Å²) in [4.78, 5) is 26.0. The minimum atomic E-state index is 0.0459. The van der Waals surface area contributed by atoms with Gasteiger partial charge in [0.25, 0.3) is 0 Å². The van der Waals surface area contributed by atoms with E-state index < -0.39 is 0 Å². The van der Waals surface area contributed by atoms with Crippen LogP contribution in [-0.4, -0.2) is 56.7 Å². The molecule has 2 aromatic heterocycles. The highest BCUT2D eigenvalue weighted by molar-refractivity contribution is 5.88. The Hall–Kier alpha value is -2.18. The monoisotopic (exact) mass is 344 g/mol. The van der Waals surface area contributed by atoms with Gasteiger partial charge in [-0.25, -0.2) is 9.97 Å². The molecule has 1 amide bonds. The molecule has 136 valence electrons. The summed E-state index contributed by atoms with van der Waals surface area (Å²) in [6, 6.07) is 0. The summed E-state index contributed by atoms with van der Waals surface area (Å²) in [5.41, 5.74) is 2.83. The number of aromatic nitrogens is 4. The lowest BCUT2D eigenvalue weighted by molar-refractivity contribution is -0.134. The van der Waals surface area contributed by atoms with Crippen LogP contribution in [-0.2, 0) is 11.8 Å². The van der Waals surface area contributed by atoms with Crippen molar-refractivity contribution in [3.63, 3.8) is 0 Å². The minimum absolute atomic E-state index is 0.0459. The first-order valence-corrected chi connectivity index (χ1v) is 9.04. The molecule has 1 aliphatic rings. The highest BCUT2D eigenvalue weighted by Crippen LogP contribution is 2.28. The molecular formula is C18H28N6O. The van der Waals surface area contributed by atoms with Gasteiger partial charge in [-0.1, -0.05) is 27.7 Å². The van der Waals surface area contributed by atoms with E-state index in [1.54, 1.807) is 0 Å². The topological polar surface area (TPSA) is 67.2 Å². The van der Waals surface area contributed by atoms with Gasteiger partial charge in [0, 0.05) is 45.1 Å². The Balaban J connectivity index is 1.95. The average Bonchev–Trinajstić information content (AvgIpc) is 2.88. The molecule has 7 heteroatoms. The fraction of sp³-hybridized carbons (Fsp3) is 0.667. The average molecular weight is 344 g/mol. The van der Waals surface area contributed by atoms with Crippen LogP contribution in [0.15, 0.2) is 0 Å². The highest BCUT2D eigenvalue weighted by Gasteiger charge is 2.26. The Kier molecular flexibility index (Phi) is 4.67. The SMILES string of the molecule is Cc1nn(C)c2c(N3CCN(C(=O)C(C)C)CC3)nc(C(C)C)nc12. The van der Waals surface area contributed by atoms with E-state index >= 15 is 0 Å². The fourth-order valence-electron chi connectivity index (χ4n) is 3.31. The van der Waals surface area contributed by atoms with E-state index in [4.69, 9.17) is 9.97 Å². The Bertz CT molecular complexity index is 786. The van der Waals surface area contributed by atoms with Gasteiger partial charge in [0.15, 0.2) is 5.82 Å². The van der Waals surface area contributed by atoms with Crippen molar-refractivity contribution in [3.8, 4) is 0 Å². The Morgan fingerprint density at radius 1 is 1.04 bits per heavy atom. The van der Waals surface area contributed by atoms with Crippen molar-refractivity contribution in [2.24, 2.45) is 13.0 Å². The van der Waals surface area contributed by atoms with E-state index in [1.165, 1.54) is 0 Å². The number of rotatable bonds is 3. The number of hydrogen-bond acceptors (Lipinski definition) is 5. The number of fused-ring (bicyclic) bond motifs is 1. The predicted molar refractivity (Wildman–Crippen MR) is 98.8 cm³/mol. The first-order chi connectivity index (χ1) is 11.8. The van der Waals surface area contributed by atoms with Gasteiger partial charge >= 0.3 is 0 Å². The summed E-state index contributed by atoms with van der Waals surface area (Å²) in [6.45, 7) is 13.1. The molecule has 0 unspecified atom stereocenters. The lowest BCUT2D eigenvalue weighted by Gasteiger charge is -2.36. The second-order valence-electron chi connectivity index (χ2n) is 7.43. The van der Waals surface area contributed by atoms with Crippen molar-refractivity contribution < 1.29 is 4.79 Å². The Labute approximate surface area is 149 Å². The predicted octanol–water partition coefficient (Wildman–Crippen LogP) is 2.10. The zero-order chi connectivity index (χ0) is 18.3. The number of carbonyl (C=O) groups excluding carboxylic acids is 1. The molecule has 0 atom stereocenters. The van der Waals surface area contributed by atoms with Crippen molar-refractivity contribution in [3.05, 3.63) is 11.5 Å². The molecule has 0 bridgehead atoms. The zero-order valence-electron chi connectivity index (χ0n) is 16.1. The summed E-state index contributed by atoms with van der Waals surface area (Å²) in [5.74, 6) is 2.32. The zero-order valence-corrected chi connectivity index (χ0v) is 16.1. The fourth-order valence-corrected chi connectivity index (χ4v) is 3.31. The molecule has 0 spiro atoms. The van der Waals surface area contributed by atoms with Crippen LogP contribution in [0.4, 0.5) is 5.82 Å². The standard InChI is InChI=1S/C18H28N6O/c1-11(2)16-19-14-13(5)21-22(6)15(14)17(20-16)23-7-9-24(10-8-23)18(25)12(3)4/h11-12H,7-10H2,1-6H3. The van der Waals surface area contributed by atoms with Gasteiger partial charge in [-0.2, -0.15) is 5.10 Å². The lowest BCUT2D eigenvalue weighted by atomic mass is 10.1. The van der Waals surface area contributed by atoms with Gasteiger partial charge in [0.1, 0.15) is 16.9 Å². The molecule has 0 aliphatic carbocycles. The van der Waals surface area contributed by atoms with E-state index in [2.05, 4.69) is 23.8 Å². The van der Waals surface area contributed by atoms with Crippen molar-refractivity contribution >= 4 is 22.8 Å². The molecule has 1 aliphatic heterocycles. The smallest absolute Gasteiger partial charge is 0.225 e. The van der Waals surface area contributed by atoms with Crippen LogP contribution in [0.25, 0.3) is 11.0 Å². The summed E-state index contributed by atoms with van der Waals surface area (Å²) in [6.07, 6.45) is 0. The molecular weight excluding hydrogens is 316 g/mol. The van der Waals surface area contributed by atoms with E-state index in [0.717, 1.165) is 54.5 Å². The van der Waals surface area contributed by atoms with Gasteiger partial charge in [0.05, 0.1) is 5.69 Å². The highest BCUT2D eigenvalue weighted by atomic mass is 16.2. The van der Waals surface area contributed by atoms with Crippen molar-refractivity contribution in [1.29, 1.82) is 0 Å². The summed E-state index contributed by atoms with van der Waals surface area (Å²) in [5, 5.41) is 4.54. The summed E-state index contributed by atoms with van der Waals surface area (Å²) >= 11 is 0. The maximum Gasteiger partial charge on any atom is 0.225 e. The molecule has 2 aromatic rings. The molecule has 0 radical (unpaired) electrons. The minimum Gasteiger partial charge on any atom is -0.351 e. The third-order valence-electron chi connectivity index (χ3n) is 4.75. The largest absolute Gasteiger partial charge is 0.351 e. The second-order valence-corrected chi connectivity index (χ2v) is 7.43. The number of aryl methyl sites for hydroxylation is 2. The van der Waals surface area contributed by atoms with Gasteiger partial charge in [-0.3, -0.25) is 9.48 Å². The number of hydrogen-bond donors (Lipinski definition) is 0. The second kappa shape index (κ2) is 6.61. The van der Waals surface area contributed by atoms with Crippen molar-refractivity contribution in [2.45, 2.75) is 40.5 Å². The molecule has 0 saturated carbocycles. The molecule has 3 heterocycles. The van der Waals surface area contributed by atoms with Crippen LogP contribution in [0.1, 0.15) is 45.1 Å². The quantitative estimate of drug-likeness (QED) is 0.853. The van der Waals surface area contributed by atoms with E-state index in [-0.39, 0.29) is 17.7 Å². The maximum atomic E-state index is 12.2. The third kappa shape index (κ3) is 3.19. The Morgan fingerprint density at radius 3 is 2.24 bits per heavy atom. The first-order valence-electron chi connectivity index (χ1n) is 9.04. The molecule has 25 heavy (non-hydrogen) atoms. The van der Waals surface area contributed by atoms with Gasteiger partial charge in [-0.05, 0) is 6.92 Å². The number of carbonyl (C=O) groups is 1. The Morgan fingerprint density at radius 2 is 1.68 bits per heavy atom. The van der Waals surface area contributed by atoms with Crippen LogP contribution >= 0.6 is 0 Å². The molecule has 0 N–H and O–H groups in total. The molecule has 7 nitrogen and oxygen atoms in total. The normalized spacial score (nSPS) is 15.7. The van der Waals surface area contributed by atoms with E-state index in [9.17, 15) is 4.79 Å². The van der Waals surface area contributed by atoms with E-state index in [1.807, 2.05) is 37.4 Å². The first kappa shape index (κ1) is 17.6. The third-order valence-corrected chi connectivity index (χ3v) is 4.75. The molecule has 1 fully saturated rings. The summed E-state index contributed by atoms with van der Waals surface area (Å²) in [7, 11) is 1.94. The van der Waals surface area contributed by atoms with Crippen molar-refractivity contribution in [2.75, 3.05) is 31.1 Å². The van der Waals surface area contributed by atoms with E-state index in [0.29, 0.717) is 0 Å². The van der Waals surface area contributed by atoms with Crippen LogP contribution in [0.5, 0.6) is 0 Å². The van der Waals surface area contributed by atoms with Crippen LogP contribution in [0.2, 0.25) is 0 Å².